The maximum atomic E-state index is 10.5. The molecule has 1 aliphatic rings. The van der Waals surface area contributed by atoms with E-state index >= 15 is 0 Å². The number of aromatic nitrogens is 1. The van der Waals surface area contributed by atoms with E-state index in [4.69, 9.17) is 5.73 Å². The van der Waals surface area contributed by atoms with Crippen molar-refractivity contribution in [1.82, 2.24) is 4.98 Å². The summed E-state index contributed by atoms with van der Waals surface area (Å²) in [6, 6.07) is 0. The van der Waals surface area contributed by atoms with E-state index in [1.54, 1.807) is 11.7 Å². The van der Waals surface area contributed by atoms with E-state index in [0.29, 0.717) is 12.5 Å². The molecule has 0 amide bonds. The van der Waals surface area contributed by atoms with Crippen LogP contribution in [0.3, 0.4) is 0 Å². The summed E-state index contributed by atoms with van der Waals surface area (Å²) < 4.78 is 0. The maximum absolute atomic E-state index is 10.5. The second-order valence-corrected chi connectivity index (χ2v) is 5.99. The Kier molecular flexibility index (Phi) is 3.62. The summed E-state index contributed by atoms with van der Waals surface area (Å²) in [6.07, 6.45) is 5.83. The molecule has 2 rings (SSSR count). The first-order valence-electron chi connectivity index (χ1n) is 5.94. The molecule has 1 aliphatic carbocycles. The second-order valence-electron chi connectivity index (χ2n) is 5.07. The highest BCUT2D eigenvalue weighted by Crippen LogP contribution is 2.47. The Morgan fingerprint density at radius 3 is 3.12 bits per heavy atom. The molecule has 1 fully saturated rings. The highest BCUT2D eigenvalue weighted by Gasteiger charge is 2.41. The third-order valence-corrected chi connectivity index (χ3v) is 4.66. The first kappa shape index (κ1) is 12.0. The van der Waals surface area contributed by atoms with Gasteiger partial charge >= 0.3 is 0 Å². The quantitative estimate of drug-likeness (QED) is 0.852. The van der Waals surface area contributed by atoms with E-state index in [9.17, 15) is 5.11 Å². The van der Waals surface area contributed by atoms with Gasteiger partial charge in [0.15, 0.2) is 0 Å². The number of nitrogens with two attached hydrogens (primary N) is 1. The molecule has 0 saturated heterocycles. The number of rotatable bonds is 3. The van der Waals surface area contributed by atoms with Gasteiger partial charge in [-0.15, -0.1) is 11.3 Å². The van der Waals surface area contributed by atoms with Gasteiger partial charge in [0.25, 0.3) is 0 Å². The zero-order valence-electron chi connectivity index (χ0n) is 9.72. The zero-order chi connectivity index (χ0) is 11.6. The molecule has 1 aromatic rings. The molecule has 3 unspecified atom stereocenters. The fourth-order valence-electron chi connectivity index (χ4n) is 2.91. The summed E-state index contributed by atoms with van der Waals surface area (Å²) in [5, 5.41) is 10.5. The van der Waals surface area contributed by atoms with Crippen molar-refractivity contribution < 1.29 is 5.11 Å². The maximum Gasteiger partial charge on any atom is 0.0966 e. The van der Waals surface area contributed by atoms with Gasteiger partial charge in [0.2, 0.25) is 0 Å². The minimum atomic E-state index is -0.437. The van der Waals surface area contributed by atoms with Crippen LogP contribution in [0.5, 0.6) is 0 Å². The van der Waals surface area contributed by atoms with Crippen molar-refractivity contribution >= 4 is 11.3 Å². The molecule has 4 heteroatoms. The molecule has 90 valence electrons. The lowest BCUT2D eigenvalue weighted by Gasteiger charge is -2.42. The molecular formula is C12H20N2OS. The van der Waals surface area contributed by atoms with Gasteiger partial charge in [-0.1, -0.05) is 19.8 Å². The molecule has 0 bridgehead atoms. The normalized spacial score (nSPS) is 32.6. The summed E-state index contributed by atoms with van der Waals surface area (Å²) >= 11 is 1.52. The van der Waals surface area contributed by atoms with Crippen LogP contribution in [0.1, 0.15) is 43.6 Å². The second kappa shape index (κ2) is 4.82. The van der Waals surface area contributed by atoms with Crippen molar-refractivity contribution in [1.29, 1.82) is 0 Å². The molecule has 0 aliphatic heterocycles. The van der Waals surface area contributed by atoms with Gasteiger partial charge in [-0.05, 0) is 18.8 Å². The lowest BCUT2D eigenvalue weighted by molar-refractivity contribution is -0.0109. The van der Waals surface area contributed by atoms with Gasteiger partial charge in [-0.2, -0.15) is 0 Å². The fourth-order valence-corrected chi connectivity index (χ4v) is 3.65. The number of aliphatic hydroxyl groups is 1. The van der Waals surface area contributed by atoms with E-state index in [1.165, 1.54) is 24.2 Å². The summed E-state index contributed by atoms with van der Waals surface area (Å²) in [5.74, 6) is 0.667. The van der Waals surface area contributed by atoms with E-state index in [2.05, 4.69) is 11.9 Å². The minimum Gasteiger partial charge on any atom is -0.387 e. The monoisotopic (exact) mass is 240 g/mol. The first-order chi connectivity index (χ1) is 7.68. The molecule has 0 aromatic carbocycles. The molecule has 16 heavy (non-hydrogen) atoms. The van der Waals surface area contributed by atoms with E-state index in [0.717, 1.165) is 17.7 Å². The third kappa shape index (κ3) is 2.14. The average molecular weight is 240 g/mol. The van der Waals surface area contributed by atoms with Crippen LogP contribution >= 0.6 is 11.3 Å². The SMILES string of the molecule is CC1CCCC(CN)(C(O)c2cncs2)C1. The van der Waals surface area contributed by atoms with Crippen LogP contribution in [0, 0.1) is 11.3 Å². The Morgan fingerprint density at radius 1 is 1.75 bits per heavy atom. The van der Waals surface area contributed by atoms with E-state index in [-0.39, 0.29) is 5.41 Å². The van der Waals surface area contributed by atoms with Gasteiger partial charge in [0.05, 0.1) is 16.5 Å². The highest BCUT2D eigenvalue weighted by molar-refractivity contribution is 7.09. The van der Waals surface area contributed by atoms with E-state index in [1.807, 2.05) is 0 Å². The van der Waals surface area contributed by atoms with Gasteiger partial charge in [-0.25, -0.2) is 0 Å². The third-order valence-electron chi connectivity index (χ3n) is 3.83. The van der Waals surface area contributed by atoms with Crippen molar-refractivity contribution in [2.75, 3.05) is 6.54 Å². The van der Waals surface area contributed by atoms with Crippen LogP contribution in [0.2, 0.25) is 0 Å². The van der Waals surface area contributed by atoms with Crippen LogP contribution in [-0.2, 0) is 0 Å². The molecule has 0 radical (unpaired) electrons. The predicted molar refractivity (Wildman–Crippen MR) is 66.2 cm³/mol. The van der Waals surface area contributed by atoms with Crippen molar-refractivity contribution in [3.05, 3.63) is 16.6 Å². The van der Waals surface area contributed by atoms with Crippen molar-refractivity contribution in [3.63, 3.8) is 0 Å². The molecule has 3 nitrogen and oxygen atoms in total. The molecular weight excluding hydrogens is 220 g/mol. The molecule has 3 atom stereocenters. The number of hydrogen-bond donors (Lipinski definition) is 2. The minimum absolute atomic E-state index is 0.121. The van der Waals surface area contributed by atoms with Gasteiger partial charge in [-0.3, -0.25) is 4.98 Å². The largest absolute Gasteiger partial charge is 0.387 e. The first-order valence-corrected chi connectivity index (χ1v) is 6.82. The van der Waals surface area contributed by atoms with Crippen molar-refractivity contribution in [2.24, 2.45) is 17.1 Å². The summed E-state index contributed by atoms with van der Waals surface area (Å²) in [4.78, 5) is 5.00. The topological polar surface area (TPSA) is 59.1 Å². The Morgan fingerprint density at radius 2 is 2.56 bits per heavy atom. The fraction of sp³-hybridized carbons (Fsp3) is 0.750. The summed E-state index contributed by atoms with van der Waals surface area (Å²) in [7, 11) is 0. The number of nitrogens with zero attached hydrogens (tertiary/aromatic N) is 1. The smallest absolute Gasteiger partial charge is 0.0966 e. The van der Waals surface area contributed by atoms with Crippen LogP contribution in [0.15, 0.2) is 11.7 Å². The van der Waals surface area contributed by atoms with Gasteiger partial charge in [0.1, 0.15) is 0 Å². The van der Waals surface area contributed by atoms with Crippen LogP contribution in [0.25, 0.3) is 0 Å². The average Bonchev–Trinajstić information content (AvgIpc) is 2.81. The number of aliphatic hydroxyl groups excluding tert-OH is 1. The molecule has 1 heterocycles. The number of thiazole rings is 1. The zero-order valence-corrected chi connectivity index (χ0v) is 10.5. The van der Waals surface area contributed by atoms with Crippen molar-refractivity contribution in [2.45, 2.75) is 38.7 Å². The van der Waals surface area contributed by atoms with Gasteiger partial charge in [0, 0.05) is 18.2 Å². The molecule has 1 saturated carbocycles. The Bertz CT molecular complexity index is 328. The predicted octanol–water partition coefficient (Wildman–Crippen LogP) is 2.33. The van der Waals surface area contributed by atoms with Crippen LogP contribution < -0.4 is 5.73 Å². The lowest BCUT2D eigenvalue weighted by atomic mass is 9.66. The molecule has 3 N–H and O–H groups in total. The molecule has 0 spiro atoms. The van der Waals surface area contributed by atoms with Gasteiger partial charge < -0.3 is 10.8 Å². The van der Waals surface area contributed by atoms with Crippen molar-refractivity contribution in [3.8, 4) is 0 Å². The van der Waals surface area contributed by atoms with Crippen LogP contribution in [0.4, 0.5) is 0 Å². The Hall–Kier alpha value is -0.450. The summed E-state index contributed by atoms with van der Waals surface area (Å²) in [6.45, 7) is 2.82. The standard InChI is InChI=1S/C12H20N2OS/c1-9-3-2-4-12(5-9,7-13)11(15)10-6-14-8-16-10/h6,8-9,11,15H,2-5,7,13H2,1H3. The van der Waals surface area contributed by atoms with Crippen LogP contribution in [-0.4, -0.2) is 16.6 Å². The Balaban J connectivity index is 2.20. The van der Waals surface area contributed by atoms with E-state index < -0.39 is 6.10 Å². The number of hydrogen-bond acceptors (Lipinski definition) is 4. The summed E-state index contributed by atoms with van der Waals surface area (Å²) in [5.41, 5.74) is 7.58. The highest BCUT2D eigenvalue weighted by atomic mass is 32.1. The molecule has 1 aromatic heterocycles. The lowest BCUT2D eigenvalue weighted by Crippen LogP contribution is -2.40. The Labute approximate surface area is 101 Å².